The lowest BCUT2D eigenvalue weighted by atomic mass is 9.95. The number of nitrogens with one attached hydrogen (secondary N) is 1. The molecule has 3 heterocycles. The zero-order valence-corrected chi connectivity index (χ0v) is 20.1. The molecule has 1 fully saturated rings. The Labute approximate surface area is 204 Å². The molecule has 1 aromatic rings. The van der Waals surface area contributed by atoms with Crippen LogP contribution in [-0.2, 0) is 14.3 Å². The summed E-state index contributed by atoms with van der Waals surface area (Å²) in [6, 6.07) is 6.16. The van der Waals surface area contributed by atoms with Crippen molar-refractivity contribution in [3.05, 3.63) is 58.8 Å². The first-order valence-electron chi connectivity index (χ1n) is 11.4. The maximum Gasteiger partial charge on any atom is 0.322 e. The van der Waals surface area contributed by atoms with E-state index < -0.39 is 6.04 Å². The molecule has 3 aliphatic heterocycles. The molecule has 1 aromatic carbocycles. The number of halogens is 1. The fourth-order valence-corrected chi connectivity index (χ4v) is 4.84. The predicted molar refractivity (Wildman–Crippen MR) is 128 cm³/mol. The minimum Gasteiger partial charge on any atom is -0.383 e. The normalized spacial score (nSPS) is 21.1. The number of methoxy groups -OCH3 is 1. The molecule has 9 nitrogen and oxygen atoms in total. The van der Waals surface area contributed by atoms with Gasteiger partial charge in [0.1, 0.15) is 6.54 Å². The van der Waals surface area contributed by atoms with Crippen LogP contribution in [0.2, 0.25) is 5.02 Å². The van der Waals surface area contributed by atoms with Gasteiger partial charge in [-0.15, -0.1) is 6.58 Å². The van der Waals surface area contributed by atoms with E-state index in [0.29, 0.717) is 36.0 Å². The van der Waals surface area contributed by atoms with Crippen LogP contribution in [0.5, 0.6) is 0 Å². The standard InChI is InChI=1S/C24H30ClN5O4/c1-3-7-30-19-15-29(16-20(31)28-10-8-27(9-11-28)12-13-34-2)23(32)21(19)22(26-24(30)33)17-5-4-6-18(25)14-17/h3-6,14,22H,1,7-13,15-16H2,2H3,(H,26,33)/t22-/m0/s1. The maximum atomic E-state index is 13.5. The third-order valence-electron chi connectivity index (χ3n) is 6.45. The zero-order chi connectivity index (χ0) is 24.2. The van der Waals surface area contributed by atoms with Gasteiger partial charge in [-0.3, -0.25) is 19.4 Å². The van der Waals surface area contributed by atoms with Crippen LogP contribution in [-0.4, -0.2) is 104 Å². The van der Waals surface area contributed by atoms with Crippen LogP contribution in [0.1, 0.15) is 11.6 Å². The van der Waals surface area contributed by atoms with E-state index in [2.05, 4.69) is 16.8 Å². The lowest BCUT2D eigenvalue weighted by Crippen LogP contribution is -2.52. The van der Waals surface area contributed by atoms with E-state index in [1.165, 1.54) is 9.80 Å². The smallest absolute Gasteiger partial charge is 0.322 e. The maximum absolute atomic E-state index is 13.5. The van der Waals surface area contributed by atoms with Gasteiger partial charge in [-0.1, -0.05) is 29.8 Å². The summed E-state index contributed by atoms with van der Waals surface area (Å²) >= 11 is 6.17. The Kier molecular flexibility index (Phi) is 7.55. The molecule has 4 rings (SSSR count). The molecule has 10 heteroatoms. The number of piperazine rings is 1. The monoisotopic (exact) mass is 487 g/mol. The summed E-state index contributed by atoms with van der Waals surface area (Å²) in [6.45, 7) is 8.46. The minimum atomic E-state index is -0.626. The highest BCUT2D eigenvalue weighted by Crippen LogP contribution is 2.36. The average Bonchev–Trinajstić information content (AvgIpc) is 3.15. The van der Waals surface area contributed by atoms with Crippen molar-refractivity contribution in [2.45, 2.75) is 6.04 Å². The van der Waals surface area contributed by atoms with Gasteiger partial charge < -0.3 is 19.9 Å². The van der Waals surface area contributed by atoms with E-state index in [4.69, 9.17) is 16.3 Å². The number of carbonyl (C=O) groups is 3. The lowest BCUT2D eigenvalue weighted by Gasteiger charge is -2.35. The van der Waals surface area contributed by atoms with Crippen molar-refractivity contribution in [2.24, 2.45) is 0 Å². The number of ether oxygens (including phenoxy) is 1. The Balaban J connectivity index is 1.49. The molecule has 1 saturated heterocycles. The van der Waals surface area contributed by atoms with Crippen LogP contribution in [0.3, 0.4) is 0 Å². The second-order valence-corrected chi connectivity index (χ2v) is 9.01. The Morgan fingerprint density at radius 1 is 1.26 bits per heavy atom. The molecule has 0 spiro atoms. The molecule has 0 aliphatic carbocycles. The molecular formula is C24H30ClN5O4. The van der Waals surface area contributed by atoms with Gasteiger partial charge in [-0.25, -0.2) is 4.79 Å². The first-order valence-corrected chi connectivity index (χ1v) is 11.8. The fourth-order valence-electron chi connectivity index (χ4n) is 4.64. The second-order valence-electron chi connectivity index (χ2n) is 8.57. The third kappa shape index (κ3) is 4.96. The summed E-state index contributed by atoms with van der Waals surface area (Å²) in [5.74, 6) is -0.338. The van der Waals surface area contributed by atoms with Gasteiger partial charge in [0.2, 0.25) is 5.91 Å². The minimum absolute atomic E-state index is 0.0255. The Morgan fingerprint density at radius 2 is 2.03 bits per heavy atom. The summed E-state index contributed by atoms with van der Waals surface area (Å²) in [5.41, 5.74) is 1.80. The van der Waals surface area contributed by atoms with Gasteiger partial charge >= 0.3 is 6.03 Å². The molecule has 0 radical (unpaired) electrons. The third-order valence-corrected chi connectivity index (χ3v) is 6.69. The highest BCUT2D eigenvalue weighted by atomic mass is 35.5. The number of amides is 4. The van der Waals surface area contributed by atoms with Gasteiger partial charge in [0.05, 0.1) is 30.5 Å². The zero-order valence-electron chi connectivity index (χ0n) is 19.3. The highest BCUT2D eigenvalue weighted by Gasteiger charge is 2.44. The van der Waals surface area contributed by atoms with Crippen molar-refractivity contribution >= 4 is 29.4 Å². The molecule has 0 saturated carbocycles. The molecule has 0 aromatic heterocycles. The molecule has 182 valence electrons. The summed E-state index contributed by atoms with van der Waals surface area (Å²) in [5, 5.41) is 3.44. The van der Waals surface area contributed by atoms with Crippen molar-refractivity contribution in [2.75, 3.05) is 66.1 Å². The first-order chi connectivity index (χ1) is 16.4. The van der Waals surface area contributed by atoms with Gasteiger partial charge in [0, 0.05) is 51.4 Å². The fraction of sp³-hybridized carbons (Fsp3) is 0.458. The molecule has 0 unspecified atom stereocenters. The summed E-state index contributed by atoms with van der Waals surface area (Å²) in [4.78, 5) is 46.5. The van der Waals surface area contributed by atoms with E-state index in [0.717, 1.165) is 25.2 Å². The SMILES string of the molecule is C=CCN1C(=O)N[C@@H](c2cccc(Cl)c2)C2=C1CN(CC(=O)N1CCN(CCOC)CC1)C2=O. The molecule has 1 atom stereocenters. The van der Waals surface area contributed by atoms with Crippen LogP contribution >= 0.6 is 11.6 Å². The van der Waals surface area contributed by atoms with E-state index in [-0.39, 0.29) is 37.5 Å². The molecule has 4 amide bonds. The van der Waals surface area contributed by atoms with Gasteiger partial charge in [0.25, 0.3) is 5.91 Å². The number of carbonyl (C=O) groups excluding carboxylic acids is 3. The van der Waals surface area contributed by atoms with Gasteiger partial charge in [-0.2, -0.15) is 0 Å². The van der Waals surface area contributed by atoms with Gasteiger partial charge in [-0.05, 0) is 17.7 Å². The quantitative estimate of drug-likeness (QED) is 0.561. The predicted octanol–water partition coefficient (Wildman–Crippen LogP) is 1.48. The lowest BCUT2D eigenvalue weighted by molar-refractivity contribution is -0.139. The van der Waals surface area contributed by atoms with E-state index in [1.807, 2.05) is 6.07 Å². The number of rotatable bonds is 8. The average molecular weight is 488 g/mol. The first kappa shape index (κ1) is 24.3. The number of benzene rings is 1. The topological polar surface area (TPSA) is 85.4 Å². The van der Waals surface area contributed by atoms with Crippen LogP contribution in [0, 0.1) is 0 Å². The van der Waals surface area contributed by atoms with E-state index in [9.17, 15) is 14.4 Å². The van der Waals surface area contributed by atoms with E-state index >= 15 is 0 Å². The van der Waals surface area contributed by atoms with Crippen molar-refractivity contribution in [3.8, 4) is 0 Å². The summed E-state index contributed by atoms with van der Waals surface area (Å²) < 4.78 is 5.13. The molecule has 3 aliphatic rings. The molecule has 0 bridgehead atoms. The van der Waals surface area contributed by atoms with Crippen molar-refractivity contribution in [3.63, 3.8) is 0 Å². The summed E-state index contributed by atoms with van der Waals surface area (Å²) in [7, 11) is 1.68. The van der Waals surface area contributed by atoms with Crippen molar-refractivity contribution in [1.29, 1.82) is 0 Å². The summed E-state index contributed by atoms with van der Waals surface area (Å²) in [6.07, 6.45) is 1.62. The molecule has 1 N–H and O–H groups in total. The van der Waals surface area contributed by atoms with E-state index in [1.54, 1.807) is 36.3 Å². The second kappa shape index (κ2) is 10.6. The number of nitrogens with zero attached hydrogens (tertiary/aromatic N) is 4. The Hall–Kier alpha value is -2.88. The molecular weight excluding hydrogens is 458 g/mol. The Bertz CT molecular complexity index is 1000. The van der Waals surface area contributed by atoms with Crippen LogP contribution < -0.4 is 5.32 Å². The van der Waals surface area contributed by atoms with Gasteiger partial charge in [0.15, 0.2) is 0 Å². The largest absolute Gasteiger partial charge is 0.383 e. The highest BCUT2D eigenvalue weighted by molar-refractivity contribution is 6.30. The van der Waals surface area contributed by atoms with Crippen LogP contribution in [0.25, 0.3) is 0 Å². The molecule has 34 heavy (non-hydrogen) atoms. The number of urea groups is 1. The van der Waals surface area contributed by atoms with Crippen LogP contribution in [0.15, 0.2) is 48.2 Å². The van der Waals surface area contributed by atoms with Crippen LogP contribution in [0.4, 0.5) is 4.79 Å². The Morgan fingerprint density at radius 3 is 2.71 bits per heavy atom. The van der Waals surface area contributed by atoms with Crippen molar-refractivity contribution < 1.29 is 19.1 Å². The number of hydrogen-bond donors (Lipinski definition) is 1. The number of hydrogen-bond acceptors (Lipinski definition) is 5. The van der Waals surface area contributed by atoms with Crippen molar-refractivity contribution in [1.82, 2.24) is 24.9 Å².